The highest BCUT2D eigenvalue weighted by Gasteiger charge is 2.24. The zero-order valence-electron chi connectivity index (χ0n) is 18.8. The first-order chi connectivity index (χ1) is 14.8. The van der Waals surface area contributed by atoms with Crippen LogP contribution < -0.4 is 10.2 Å². The Morgan fingerprint density at radius 3 is 2.55 bits per heavy atom. The molecule has 0 atom stereocenters. The number of nitrogens with one attached hydrogen (secondary N) is 1. The number of amides is 1. The van der Waals surface area contributed by atoms with Crippen LogP contribution in [-0.4, -0.2) is 17.6 Å². The van der Waals surface area contributed by atoms with E-state index in [9.17, 15) is 9.90 Å². The van der Waals surface area contributed by atoms with Crippen molar-refractivity contribution in [3.63, 3.8) is 0 Å². The van der Waals surface area contributed by atoms with Gasteiger partial charge in [-0.25, -0.2) is 0 Å². The molecule has 1 amide bonds. The predicted octanol–water partition coefficient (Wildman–Crippen LogP) is 6.45. The molecule has 164 valence electrons. The average Bonchev–Trinajstić information content (AvgIpc) is 3.10. The van der Waals surface area contributed by atoms with Crippen LogP contribution in [0.3, 0.4) is 0 Å². The van der Waals surface area contributed by atoms with E-state index in [2.05, 4.69) is 74.5 Å². The van der Waals surface area contributed by atoms with Crippen LogP contribution in [0.15, 0.2) is 70.7 Å². The molecule has 4 nitrogen and oxygen atoms in total. The van der Waals surface area contributed by atoms with E-state index in [0.29, 0.717) is 12.1 Å². The number of phenolic OH excluding ortho intramolecular Hbond substituents is 1. The largest absolute Gasteiger partial charge is 0.507 e. The number of hydrogen-bond acceptors (Lipinski definition) is 4. The van der Waals surface area contributed by atoms with Crippen molar-refractivity contribution in [3.8, 4) is 5.75 Å². The number of phenols is 1. The third-order valence-electron chi connectivity index (χ3n) is 5.21. The number of nitrogens with zero attached hydrogens (tertiary/aromatic N) is 1. The summed E-state index contributed by atoms with van der Waals surface area (Å²) in [6, 6.07) is 15.4. The zero-order chi connectivity index (χ0) is 22.4. The molecule has 1 aliphatic rings. The molecule has 0 fully saturated rings. The van der Waals surface area contributed by atoms with Crippen molar-refractivity contribution < 1.29 is 9.90 Å². The molecule has 3 rings (SSSR count). The number of carbonyl (C=O) groups excluding carboxylic acids is 1. The second-order valence-corrected chi connectivity index (χ2v) is 9.92. The van der Waals surface area contributed by atoms with Crippen molar-refractivity contribution in [2.24, 2.45) is 5.41 Å². The van der Waals surface area contributed by atoms with E-state index in [1.807, 2.05) is 0 Å². The van der Waals surface area contributed by atoms with E-state index in [0.717, 1.165) is 17.1 Å². The van der Waals surface area contributed by atoms with Crippen LogP contribution in [0.5, 0.6) is 5.75 Å². The smallest absolute Gasteiger partial charge is 0.255 e. The number of hydrogen-bond donors (Lipinski definition) is 2. The number of rotatable bonds is 8. The summed E-state index contributed by atoms with van der Waals surface area (Å²) < 4.78 is 0. The van der Waals surface area contributed by atoms with E-state index in [1.165, 1.54) is 29.4 Å². The van der Waals surface area contributed by atoms with Crippen molar-refractivity contribution in [2.75, 3.05) is 11.4 Å². The number of aryl methyl sites for hydroxylation is 1. The van der Waals surface area contributed by atoms with Gasteiger partial charge in [0.25, 0.3) is 5.91 Å². The van der Waals surface area contributed by atoms with Gasteiger partial charge in [-0.1, -0.05) is 63.2 Å². The standard InChI is InChI=1S/C26H32N2O2S/c1-5-6-9-20-12-14-21(15-13-20)28-17-19(2)31-24(28)16-26(3,4)18-27-25(30)22-10-7-8-11-23(22)29/h7-8,10-17,29H,5-6,9,18H2,1-4H3,(H,27,30). The number of unbranched alkanes of at least 4 members (excludes halogenated alkanes) is 1. The second kappa shape index (κ2) is 10.1. The highest BCUT2D eigenvalue weighted by atomic mass is 32.2. The van der Waals surface area contributed by atoms with E-state index in [-0.39, 0.29) is 17.1 Å². The molecule has 0 radical (unpaired) electrons. The lowest BCUT2D eigenvalue weighted by Crippen LogP contribution is -2.33. The number of allylic oxidation sites excluding steroid dienone is 1. The van der Waals surface area contributed by atoms with Crippen LogP contribution in [0.1, 0.15) is 56.5 Å². The lowest BCUT2D eigenvalue weighted by atomic mass is 9.93. The summed E-state index contributed by atoms with van der Waals surface area (Å²) in [5, 5.41) is 14.0. The Bertz CT molecular complexity index is 977. The normalized spacial score (nSPS) is 15.3. The Morgan fingerprint density at radius 2 is 1.87 bits per heavy atom. The summed E-state index contributed by atoms with van der Waals surface area (Å²) in [6.45, 7) is 9.00. The van der Waals surface area contributed by atoms with E-state index >= 15 is 0 Å². The fourth-order valence-electron chi connectivity index (χ4n) is 3.45. The Hall–Kier alpha value is -2.66. The van der Waals surface area contributed by atoms with Crippen molar-refractivity contribution in [1.29, 1.82) is 0 Å². The lowest BCUT2D eigenvalue weighted by Gasteiger charge is -2.25. The summed E-state index contributed by atoms with van der Waals surface area (Å²) in [6.07, 6.45) is 7.90. The van der Waals surface area contributed by atoms with Crippen LogP contribution in [0.4, 0.5) is 5.69 Å². The minimum absolute atomic E-state index is 0.00380. The van der Waals surface area contributed by atoms with Gasteiger partial charge in [-0.2, -0.15) is 0 Å². The maximum absolute atomic E-state index is 12.5. The van der Waals surface area contributed by atoms with Crippen LogP contribution in [0.2, 0.25) is 0 Å². The van der Waals surface area contributed by atoms with Gasteiger partial charge in [-0.15, -0.1) is 0 Å². The third kappa shape index (κ3) is 6.17. The first kappa shape index (κ1) is 23.0. The Morgan fingerprint density at radius 1 is 1.16 bits per heavy atom. The predicted molar refractivity (Wildman–Crippen MR) is 131 cm³/mol. The molecule has 0 saturated carbocycles. The molecule has 1 aliphatic heterocycles. The van der Waals surface area contributed by atoms with Gasteiger partial charge in [-0.3, -0.25) is 4.79 Å². The molecular formula is C26H32N2O2S. The number of thioether (sulfide) groups is 1. The molecule has 0 unspecified atom stereocenters. The molecular weight excluding hydrogens is 404 g/mol. The van der Waals surface area contributed by atoms with Gasteiger partial charge in [0.1, 0.15) is 5.75 Å². The summed E-state index contributed by atoms with van der Waals surface area (Å²) in [5.41, 5.74) is 2.55. The fraction of sp³-hybridized carbons (Fsp3) is 0.346. The maximum Gasteiger partial charge on any atom is 0.255 e. The Labute approximate surface area is 190 Å². The van der Waals surface area contributed by atoms with Crippen LogP contribution in [0, 0.1) is 5.41 Å². The fourth-order valence-corrected chi connectivity index (χ4v) is 4.57. The molecule has 31 heavy (non-hydrogen) atoms. The molecule has 0 spiro atoms. The molecule has 2 aromatic carbocycles. The average molecular weight is 437 g/mol. The molecule has 0 aromatic heterocycles. The van der Waals surface area contributed by atoms with Gasteiger partial charge < -0.3 is 15.3 Å². The number of benzene rings is 2. The molecule has 0 aliphatic carbocycles. The Balaban J connectivity index is 1.71. The summed E-state index contributed by atoms with van der Waals surface area (Å²) in [7, 11) is 0. The monoisotopic (exact) mass is 436 g/mol. The molecule has 0 bridgehead atoms. The number of para-hydroxylation sites is 1. The Kier molecular flexibility index (Phi) is 7.50. The van der Waals surface area contributed by atoms with Gasteiger partial charge in [0.15, 0.2) is 0 Å². The number of carbonyl (C=O) groups is 1. The van der Waals surface area contributed by atoms with Crippen LogP contribution >= 0.6 is 11.8 Å². The summed E-state index contributed by atoms with van der Waals surface area (Å²) in [5.74, 6) is -0.270. The molecule has 5 heteroatoms. The van der Waals surface area contributed by atoms with E-state index in [4.69, 9.17) is 0 Å². The van der Waals surface area contributed by atoms with Gasteiger partial charge in [0.05, 0.1) is 10.6 Å². The van der Waals surface area contributed by atoms with E-state index in [1.54, 1.807) is 30.0 Å². The zero-order valence-corrected chi connectivity index (χ0v) is 19.6. The highest BCUT2D eigenvalue weighted by molar-refractivity contribution is 8.07. The van der Waals surface area contributed by atoms with E-state index < -0.39 is 0 Å². The minimum atomic E-state index is -0.266. The molecule has 1 heterocycles. The SMILES string of the molecule is CCCCc1ccc(N2C=C(C)SC2=CC(C)(C)CNC(=O)c2ccccc2O)cc1. The summed E-state index contributed by atoms with van der Waals surface area (Å²) in [4.78, 5) is 15.9. The van der Waals surface area contributed by atoms with Crippen molar-refractivity contribution in [3.05, 3.63) is 81.9 Å². The summed E-state index contributed by atoms with van der Waals surface area (Å²) >= 11 is 1.74. The van der Waals surface area contributed by atoms with Gasteiger partial charge in [-0.05, 0) is 55.7 Å². The lowest BCUT2D eigenvalue weighted by molar-refractivity contribution is 0.0940. The van der Waals surface area contributed by atoms with Gasteiger partial charge >= 0.3 is 0 Å². The minimum Gasteiger partial charge on any atom is -0.507 e. The maximum atomic E-state index is 12.5. The van der Waals surface area contributed by atoms with Crippen molar-refractivity contribution >= 4 is 23.4 Å². The van der Waals surface area contributed by atoms with Crippen LogP contribution in [-0.2, 0) is 6.42 Å². The topological polar surface area (TPSA) is 52.6 Å². The third-order valence-corrected chi connectivity index (χ3v) is 6.17. The quantitative estimate of drug-likeness (QED) is 0.499. The molecule has 2 N–H and O–H groups in total. The number of aromatic hydroxyl groups is 1. The first-order valence-electron chi connectivity index (χ1n) is 10.8. The van der Waals surface area contributed by atoms with Crippen LogP contribution in [0.25, 0.3) is 0 Å². The second-order valence-electron chi connectivity index (χ2n) is 8.65. The first-order valence-corrected chi connectivity index (χ1v) is 11.6. The van der Waals surface area contributed by atoms with Gasteiger partial charge in [0.2, 0.25) is 0 Å². The molecule has 2 aromatic rings. The van der Waals surface area contributed by atoms with Gasteiger partial charge in [0, 0.05) is 28.8 Å². The van der Waals surface area contributed by atoms with Crippen molar-refractivity contribution in [1.82, 2.24) is 5.32 Å². The van der Waals surface area contributed by atoms with Crippen molar-refractivity contribution in [2.45, 2.75) is 47.0 Å². The molecule has 0 saturated heterocycles. The highest BCUT2D eigenvalue weighted by Crippen LogP contribution is 2.41. The number of anilines is 1.